The third kappa shape index (κ3) is 6.52. The molecule has 0 amide bonds. The van der Waals surface area contributed by atoms with Gasteiger partial charge in [0, 0.05) is 18.7 Å². The zero-order chi connectivity index (χ0) is 15.7. The number of guanidine groups is 1. The van der Waals surface area contributed by atoms with Gasteiger partial charge in [-0.25, -0.2) is 4.99 Å². The van der Waals surface area contributed by atoms with Crippen LogP contribution in [-0.4, -0.2) is 25.7 Å². The zero-order valence-electron chi connectivity index (χ0n) is 14.0. The molecule has 0 spiro atoms. The molecule has 0 bridgehead atoms. The molecule has 0 fully saturated rings. The van der Waals surface area contributed by atoms with Crippen LogP contribution in [0.25, 0.3) is 0 Å². The van der Waals surface area contributed by atoms with E-state index in [0.29, 0.717) is 19.1 Å². The quantitative estimate of drug-likeness (QED) is 0.599. The van der Waals surface area contributed by atoms with Crippen molar-refractivity contribution >= 4 is 5.96 Å². The Hall–Kier alpha value is -1.71. The maximum absolute atomic E-state index is 5.70. The monoisotopic (exact) mass is 291 g/mol. The molecule has 0 saturated carbocycles. The van der Waals surface area contributed by atoms with Crippen molar-refractivity contribution < 1.29 is 4.74 Å². The number of benzene rings is 1. The summed E-state index contributed by atoms with van der Waals surface area (Å²) in [6.45, 7) is 13.6. The molecule has 0 saturated heterocycles. The van der Waals surface area contributed by atoms with E-state index < -0.39 is 0 Å². The van der Waals surface area contributed by atoms with Crippen LogP contribution in [0.1, 0.15) is 38.8 Å². The molecule has 0 aromatic heterocycles. The number of aryl methyl sites for hydroxylation is 1. The van der Waals surface area contributed by atoms with E-state index in [9.17, 15) is 0 Å². The summed E-state index contributed by atoms with van der Waals surface area (Å²) in [7, 11) is 0. The first kappa shape index (κ1) is 17.3. The topological polar surface area (TPSA) is 45.7 Å². The van der Waals surface area contributed by atoms with Gasteiger partial charge >= 0.3 is 0 Å². The third-order valence-corrected chi connectivity index (χ3v) is 2.95. The first-order chi connectivity index (χ1) is 10.1. The van der Waals surface area contributed by atoms with Gasteiger partial charge in [-0.2, -0.15) is 0 Å². The lowest BCUT2D eigenvalue weighted by molar-refractivity contribution is 0.336. The van der Waals surface area contributed by atoms with Gasteiger partial charge in [-0.3, -0.25) is 0 Å². The predicted octanol–water partition coefficient (Wildman–Crippen LogP) is 3.10. The van der Waals surface area contributed by atoms with E-state index in [4.69, 9.17) is 4.74 Å². The van der Waals surface area contributed by atoms with Crippen LogP contribution in [0, 0.1) is 12.8 Å². The maximum atomic E-state index is 5.70. The Morgan fingerprint density at radius 3 is 2.62 bits per heavy atom. The summed E-state index contributed by atoms with van der Waals surface area (Å²) < 4.78 is 5.70. The van der Waals surface area contributed by atoms with Crippen molar-refractivity contribution in [3.05, 3.63) is 29.3 Å². The van der Waals surface area contributed by atoms with Gasteiger partial charge < -0.3 is 15.4 Å². The highest BCUT2D eigenvalue weighted by Crippen LogP contribution is 2.21. The highest BCUT2D eigenvalue weighted by atomic mass is 16.5. The molecule has 0 radical (unpaired) electrons. The highest BCUT2D eigenvalue weighted by Gasteiger charge is 2.05. The van der Waals surface area contributed by atoms with Crippen LogP contribution in [0.4, 0.5) is 0 Å². The molecule has 0 unspecified atom stereocenters. The molecule has 0 aliphatic carbocycles. The fourth-order valence-electron chi connectivity index (χ4n) is 1.89. The van der Waals surface area contributed by atoms with Crippen LogP contribution in [0.15, 0.2) is 23.2 Å². The second-order valence-corrected chi connectivity index (χ2v) is 5.51. The summed E-state index contributed by atoms with van der Waals surface area (Å²) in [5, 5.41) is 6.62. The summed E-state index contributed by atoms with van der Waals surface area (Å²) in [5.41, 5.74) is 2.32. The number of ether oxygens (including phenoxy) is 1. The van der Waals surface area contributed by atoms with E-state index in [0.717, 1.165) is 30.4 Å². The van der Waals surface area contributed by atoms with Crippen molar-refractivity contribution in [2.45, 2.75) is 41.2 Å². The van der Waals surface area contributed by atoms with Gasteiger partial charge in [0.05, 0.1) is 13.2 Å². The highest BCUT2D eigenvalue weighted by molar-refractivity contribution is 5.79. The van der Waals surface area contributed by atoms with Gasteiger partial charge in [-0.15, -0.1) is 0 Å². The van der Waals surface area contributed by atoms with E-state index in [2.05, 4.69) is 61.5 Å². The smallest absolute Gasteiger partial charge is 0.191 e. The van der Waals surface area contributed by atoms with Crippen molar-refractivity contribution in [2.24, 2.45) is 10.9 Å². The van der Waals surface area contributed by atoms with Crippen molar-refractivity contribution in [1.29, 1.82) is 0 Å². The van der Waals surface area contributed by atoms with Crippen LogP contribution >= 0.6 is 0 Å². The van der Waals surface area contributed by atoms with E-state index in [1.807, 2.05) is 6.92 Å². The van der Waals surface area contributed by atoms with Crippen LogP contribution in [0.3, 0.4) is 0 Å². The SMILES string of the molecule is CCNC(=NCc1ccc(C)cc1OCC)NCC(C)C. The summed E-state index contributed by atoms with van der Waals surface area (Å²) in [6.07, 6.45) is 0. The minimum atomic E-state index is 0.590. The first-order valence-corrected chi connectivity index (χ1v) is 7.81. The average Bonchev–Trinajstić information content (AvgIpc) is 2.43. The van der Waals surface area contributed by atoms with E-state index in [1.54, 1.807) is 0 Å². The normalized spacial score (nSPS) is 11.6. The van der Waals surface area contributed by atoms with Gasteiger partial charge in [0.25, 0.3) is 0 Å². The molecule has 0 aliphatic heterocycles. The molecular weight excluding hydrogens is 262 g/mol. The van der Waals surface area contributed by atoms with Crippen molar-refractivity contribution in [2.75, 3.05) is 19.7 Å². The molecule has 4 nitrogen and oxygen atoms in total. The number of hydrogen-bond donors (Lipinski definition) is 2. The van der Waals surface area contributed by atoms with E-state index in [1.165, 1.54) is 5.56 Å². The molecule has 2 N–H and O–H groups in total. The standard InChI is InChI=1S/C17H29N3O/c1-6-18-17(19-11-13(3)4)20-12-15-9-8-14(5)10-16(15)21-7-2/h8-10,13H,6-7,11-12H2,1-5H3,(H2,18,19,20). The van der Waals surface area contributed by atoms with Gasteiger partial charge in [0.2, 0.25) is 0 Å². The van der Waals surface area contributed by atoms with E-state index >= 15 is 0 Å². The lowest BCUT2D eigenvalue weighted by Gasteiger charge is -2.14. The van der Waals surface area contributed by atoms with Crippen molar-refractivity contribution in [3.63, 3.8) is 0 Å². The van der Waals surface area contributed by atoms with Crippen LogP contribution in [0.5, 0.6) is 5.75 Å². The molecule has 4 heteroatoms. The second kappa shape index (κ2) is 9.27. The molecule has 0 aliphatic rings. The Bertz CT molecular complexity index is 455. The van der Waals surface area contributed by atoms with Gasteiger partial charge in [-0.05, 0) is 38.3 Å². The Balaban J connectivity index is 2.78. The average molecular weight is 291 g/mol. The lowest BCUT2D eigenvalue weighted by Crippen LogP contribution is -2.39. The summed E-state index contributed by atoms with van der Waals surface area (Å²) >= 11 is 0. The fourth-order valence-corrected chi connectivity index (χ4v) is 1.89. The minimum absolute atomic E-state index is 0.590. The van der Waals surface area contributed by atoms with Gasteiger partial charge in [0.1, 0.15) is 5.75 Å². The fraction of sp³-hybridized carbons (Fsp3) is 0.588. The Kier molecular flexibility index (Phi) is 7.65. The molecule has 1 aromatic rings. The molecule has 1 rings (SSSR count). The summed E-state index contributed by atoms with van der Waals surface area (Å²) in [5.74, 6) is 2.38. The summed E-state index contributed by atoms with van der Waals surface area (Å²) in [4.78, 5) is 4.64. The molecule has 1 aromatic carbocycles. The molecular formula is C17H29N3O. The summed E-state index contributed by atoms with van der Waals surface area (Å²) in [6, 6.07) is 6.26. The molecule has 118 valence electrons. The van der Waals surface area contributed by atoms with Crippen molar-refractivity contribution in [3.8, 4) is 5.75 Å². The Labute approximate surface area is 129 Å². The van der Waals surface area contributed by atoms with Gasteiger partial charge in [-0.1, -0.05) is 26.0 Å². The third-order valence-electron chi connectivity index (χ3n) is 2.95. The first-order valence-electron chi connectivity index (χ1n) is 7.81. The zero-order valence-corrected chi connectivity index (χ0v) is 14.0. The number of rotatable bonds is 7. The number of nitrogens with zero attached hydrogens (tertiary/aromatic N) is 1. The molecule has 0 atom stereocenters. The van der Waals surface area contributed by atoms with Crippen molar-refractivity contribution in [1.82, 2.24) is 10.6 Å². The molecule has 0 heterocycles. The maximum Gasteiger partial charge on any atom is 0.191 e. The lowest BCUT2D eigenvalue weighted by atomic mass is 10.1. The molecule has 21 heavy (non-hydrogen) atoms. The van der Waals surface area contributed by atoms with E-state index in [-0.39, 0.29) is 0 Å². The van der Waals surface area contributed by atoms with Crippen LogP contribution < -0.4 is 15.4 Å². The second-order valence-electron chi connectivity index (χ2n) is 5.51. The Morgan fingerprint density at radius 2 is 2.00 bits per heavy atom. The number of nitrogens with one attached hydrogen (secondary N) is 2. The van der Waals surface area contributed by atoms with Gasteiger partial charge in [0.15, 0.2) is 5.96 Å². The number of hydrogen-bond acceptors (Lipinski definition) is 2. The largest absolute Gasteiger partial charge is 0.494 e. The van der Waals surface area contributed by atoms with Crippen LogP contribution in [-0.2, 0) is 6.54 Å². The van der Waals surface area contributed by atoms with Crippen LogP contribution in [0.2, 0.25) is 0 Å². The predicted molar refractivity (Wildman–Crippen MR) is 90.0 cm³/mol. The number of aliphatic imine (C=N–C) groups is 1. The Morgan fingerprint density at radius 1 is 1.24 bits per heavy atom. The minimum Gasteiger partial charge on any atom is -0.494 e.